The number of amides is 1. The summed E-state index contributed by atoms with van der Waals surface area (Å²) in [6, 6.07) is 0. The number of likely N-dealkylation sites (N-methyl/N-ethyl adjacent to an activating group) is 1. The second-order valence-electron chi connectivity index (χ2n) is 5.47. The lowest BCUT2D eigenvalue weighted by atomic mass is 9.99. The van der Waals surface area contributed by atoms with E-state index in [2.05, 4.69) is 0 Å². The molecule has 1 amide bonds. The van der Waals surface area contributed by atoms with Gasteiger partial charge in [0.1, 0.15) is 0 Å². The van der Waals surface area contributed by atoms with E-state index in [4.69, 9.17) is 4.74 Å². The average molecular weight is 262 g/mol. The van der Waals surface area contributed by atoms with Crippen LogP contribution in [0.1, 0.15) is 19.8 Å². The molecule has 2 aliphatic rings. The van der Waals surface area contributed by atoms with E-state index < -0.39 is 11.5 Å². The van der Waals surface area contributed by atoms with Crippen LogP contribution in [0, 0.1) is 0 Å². The molecule has 0 radical (unpaired) electrons. The van der Waals surface area contributed by atoms with Crippen molar-refractivity contribution in [2.24, 2.45) is 0 Å². The highest BCUT2D eigenvalue weighted by Gasteiger charge is 2.44. The summed E-state index contributed by atoms with van der Waals surface area (Å²) in [6.07, 6.45) is -0.491. The van der Waals surface area contributed by atoms with Crippen molar-refractivity contribution in [3.63, 3.8) is 0 Å². The van der Waals surface area contributed by atoms with Gasteiger partial charge in [-0.15, -0.1) is 0 Å². The minimum atomic E-state index is -2.62. The van der Waals surface area contributed by atoms with E-state index in [-0.39, 0.29) is 31.8 Å². The van der Waals surface area contributed by atoms with Crippen LogP contribution in [0.4, 0.5) is 8.78 Å². The third kappa shape index (κ3) is 2.80. The summed E-state index contributed by atoms with van der Waals surface area (Å²) < 4.78 is 31.7. The number of morpholine rings is 1. The van der Waals surface area contributed by atoms with Gasteiger partial charge in [0.25, 0.3) is 11.8 Å². The van der Waals surface area contributed by atoms with Crippen molar-refractivity contribution < 1.29 is 18.3 Å². The molecule has 0 bridgehead atoms. The summed E-state index contributed by atoms with van der Waals surface area (Å²) in [5.41, 5.74) is -0.889. The van der Waals surface area contributed by atoms with Gasteiger partial charge in [-0.3, -0.25) is 4.79 Å². The number of carbonyl (C=O) groups is 1. The van der Waals surface area contributed by atoms with Crippen LogP contribution >= 0.6 is 0 Å². The number of halogens is 2. The number of hydrogen-bond acceptors (Lipinski definition) is 3. The molecule has 0 unspecified atom stereocenters. The first-order chi connectivity index (χ1) is 8.32. The van der Waals surface area contributed by atoms with Gasteiger partial charge < -0.3 is 14.5 Å². The van der Waals surface area contributed by atoms with E-state index in [0.717, 1.165) is 6.54 Å². The molecule has 2 rings (SSSR count). The maximum absolute atomic E-state index is 13.1. The molecule has 0 aliphatic carbocycles. The molecular weight excluding hydrogens is 242 g/mol. The molecule has 1 atom stereocenters. The van der Waals surface area contributed by atoms with E-state index in [1.807, 2.05) is 11.9 Å². The maximum atomic E-state index is 13.1. The number of alkyl halides is 2. The minimum absolute atomic E-state index is 0.120. The zero-order chi connectivity index (χ0) is 13.4. The number of carbonyl (C=O) groups excluding carboxylic acids is 1. The Kier molecular flexibility index (Phi) is 3.60. The van der Waals surface area contributed by atoms with Gasteiger partial charge in [0.2, 0.25) is 0 Å². The van der Waals surface area contributed by atoms with Crippen LogP contribution in [-0.2, 0) is 9.53 Å². The number of rotatable bonds is 1. The summed E-state index contributed by atoms with van der Waals surface area (Å²) in [4.78, 5) is 15.9. The first-order valence-electron chi connectivity index (χ1n) is 6.32. The monoisotopic (exact) mass is 262 g/mol. The molecule has 0 aromatic carbocycles. The number of hydrogen-bond donors (Lipinski definition) is 0. The highest BCUT2D eigenvalue weighted by atomic mass is 19.3. The van der Waals surface area contributed by atoms with Crippen LogP contribution < -0.4 is 0 Å². The molecule has 0 N–H and O–H groups in total. The molecule has 104 valence electrons. The molecule has 6 heteroatoms. The second-order valence-corrected chi connectivity index (χ2v) is 5.47. The summed E-state index contributed by atoms with van der Waals surface area (Å²) in [7, 11) is 1.93. The van der Waals surface area contributed by atoms with Crippen molar-refractivity contribution >= 4 is 5.91 Å². The minimum Gasteiger partial charge on any atom is -0.363 e. The van der Waals surface area contributed by atoms with Crippen molar-refractivity contribution in [2.45, 2.75) is 31.3 Å². The Labute approximate surface area is 106 Å². The Morgan fingerprint density at radius 1 is 1.22 bits per heavy atom. The Morgan fingerprint density at radius 2 is 1.83 bits per heavy atom. The predicted octanol–water partition coefficient (Wildman–Crippen LogP) is 0.965. The number of ether oxygens (including phenoxy) is 1. The largest absolute Gasteiger partial charge is 0.363 e. The second kappa shape index (κ2) is 4.74. The van der Waals surface area contributed by atoms with E-state index in [0.29, 0.717) is 13.2 Å². The lowest BCUT2D eigenvalue weighted by Crippen LogP contribution is -2.59. The zero-order valence-corrected chi connectivity index (χ0v) is 10.9. The molecule has 0 spiro atoms. The molecule has 4 nitrogen and oxygen atoms in total. The molecular formula is C12H20F2N2O2. The van der Waals surface area contributed by atoms with Gasteiger partial charge >= 0.3 is 0 Å². The first-order valence-corrected chi connectivity index (χ1v) is 6.32. The van der Waals surface area contributed by atoms with Crippen LogP contribution in [0.2, 0.25) is 0 Å². The Morgan fingerprint density at radius 3 is 2.39 bits per heavy atom. The van der Waals surface area contributed by atoms with Crippen molar-refractivity contribution in [1.82, 2.24) is 9.80 Å². The van der Waals surface area contributed by atoms with Crippen molar-refractivity contribution in [2.75, 3.05) is 39.8 Å². The highest BCUT2D eigenvalue weighted by molar-refractivity contribution is 5.85. The van der Waals surface area contributed by atoms with Gasteiger partial charge in [0.15, 0.2) is 5.60 Å². The van der Waals surface area contributed by atoms with Crippen molar-refractivity contribution in [1.29, 1.82) is 0 Å². The number of likely N-dealkylation sites (tertiary alicyclic amines) is 1. The molecule has 2 saturated heterocycles. The SMILES string of the molecule is CN1CCO[C@](C)(C(=O)N2CCC(F)(F)CC2)C1. The quantitative estimate of drug-likeness (QED) is 0.706. The summed E-state index contributed by atoms with van der Waals surface area (Å²) in [6.45, 7) is 3.79. The Hall–Kier alpha value is -0.750. The third-order valence-electron chi connectivity index (χ3n) is 3.70. The summed E-state index contributed by atoms with van der Waals surface area (Å²) in [5, 5.41) is 0. The maximum Gasteiger partial charge on any atom is 0.255 e. The van der Waals surface area contributed by atoms with Gasteiger partial charge in [-0.05, 0) is 14.0 Å². The van der Waals surface area contributed by atoms with E-state index in [9.17, 15) is 13.6 Å². The fourth-order valence-electron chi connectivity index (χ4n) is 2.57. The van der Waals surface area contributed by atoms with Crippen LogP contribution in [0.3, 0.4) is 0 Å². The zero-order valence-electron chi connectivity index (χ0n) is 10.9. The molecule has 2 heterocycles. The lowest BCUT2D eigenvalue weighted by molar-refractivity contribution is -0.171. The van der Waals surface area contributed by atoms with Gasteiger partial charge in [-0.2, -0.15) is 0 Å². The van der Waals surface area contributed by atoms with Crippen LogP contribution in [0.25, 0.3) is 0 Å². The van der Waals surface area contributed by atoms with Crippen LogP contribution in [0.5, 0.6) is 0 Å². The number of nitrogens with zero attached hydrogens (tertiary/aromatic N) is 2. The van der Waals surface area contributed by atoms with Gasteiger partial charge in [-0.25, -0.2) is 8.78 Å². The van der Waals surface area contributed by atoms with Crippen LogP contribution in [-0.4, -0.2) is 67.1 Å². The van der Waals surface area contributed by atoms with Crippen LogP contribution in [0.15, 0.2) is 0 Å². The van der Waals surface area contributed by atoms with E-state index in [1.54, 1.807) is 6.92 Å². The Bertz CT molecular complexity index is 328. The number of piperidine rings is 1. The fraction of sp³-hybridized carbons (Fsp3) is 0.917. The lowest BCUT2D eigenvalue weighted by Gasteiger charge is -2.42. The first kappa shape index (κ1) is 13.7. The molecule has 2 fully saturated rings. The molecule has 18 heavy (non-hydrogen) atoms. The molecule has 0 aromatic rings. The standard InChI is InChI=1S/C12H20F2N2O2/c1-11(9-15(2)7-8-18-11)10(17)16-5-3-12(13,14)4-6-16/h3-9H2,1-2H3/t11-/m0/s1. The molecule has 0 aromatic heterocycles. The van der Waals surface area contributed by atoms with Gasteiger partial charge in [-0.1, -0.05) is 0 Å². The summed E-state index contributed by atoms with van der Waals surface area (Å²) in [5.74, 6) is -2.79. The van der Waals surface area contributed by atoms with Crippen molar-refractivity contribution in [3.05, 3.63) is 0 Å². The third-order valence-corrected chi connectivity index (χ3v) is 3.70. The van der Waals surface area contributed by atoms with Gasteiger partial charge in [0, 0.05) is 39.0 Å². The van der Waals surface area contributed by atoms with E-state index in [1.165, 1.54) is 4.90 Å². The fourth-order valence-corrected chi connectivity index (χ4v) is 2.57. The normalized spacial score (nSPS) is 33.4. The summed E-state index contributed by atoms with van der Waals surface area (Å²) >= 11 is 0. The average Bonchev–Trinajstić information content (AvgIpc) is 2.28. The molecule has 0 saturated carbocycles. The van der Waals surface area contributed by atoms with Crippen molar-refractivity contribution in [3.8, 4) is 0 Å². The predicted molar refractivity (Wildman–Crippen MR) is 62.6 cm³/mol. The smallest absolute Gasteiger partial charge is 0.255 e. The topological polar surface area (TPSA) is 32.8 Å². The van der Waals surface area contributed by atoms with E-state index >= 15 is 0 Å². The van der Waals surface area contributed by atoms with Gasteiger partial charge in [0.05, 0.1) is 6.61 Å². The molecule has 2 aliphatic heterocycles. The Balaban J connectivity index is 1.99. The highest BCUT2D eigenvalue weighted by Crippen LogP contribution is 2.30.